The number of rotatable bonds is 4. The van der Waals surface area contributed by atoms with Crippen molar-refractivity contribution in [2.45, 2.75) is 50.8 Å². The van der Waals surface area contributed by atoms with Crippen molar-refractivity contribution in [3.05, 3.63) is 23.8 Å². The number of nitrogens with two attached hydrogens (primary N) is 1. The highest BCUT2D eigenvalue weighted by Crippen LogP contribution is 2.35. The number of nitrogens with one attached hydrogen (secondary N) is 1. The van der Waals surface area contributed by atoms with Crippen LogP contribution in [-0.2, 0) is 10.0 Å². The Balaban J connectivity index is 2.09. The average Bonchev–Trinajstić information content (AvgIpc) is 2.41. The molecule has 0 aliphatic heterocycles. The van der Waals surface area contributed by atoms with E-state index in [4.69, 9.17) is 5.73 Å². The van der Waals surface area contributed by atoms with Gasteiger partial charge in [-0.15, -0.1) is 0 Å². The van der Waals surface area contributed by atoms with Crippen molar-refractivity contribution in [1.82, 2.24) is 4.72 Å². The molecule has 0 atom stereocenters. The van der Waals surface area contributed by atoms with Crippen LogP contribution in [0.5, 0.6) is 0 Å². The lowest BCUT2D eigenvalue weighted by Gasteiger charge is -2.33. The second-order valence-corrected chi connectivity index (χ2v) is 7.98. The van der Waals surface area contributed by atoms with Gasteiger partial charge in [0.15, 0.2) is 0 Å². The number of aryl methyl sites for hydroxylation is 1. The lowest BCUT2D eigenvalue weighted by Crippen LogP contribution is -2.37. The predicted molar refractivity (Wildman–Crippen MR) is 82.0 cm³/mol. The van der Waals surface area contributed by atoms with E-state index in [0.29, 0.717) is 12.2 Å². The minimum Gasteiger partial charge on any atom is -0.398 e. The molecule has 0 aromatic heterocycles. The van der Waals surface area contributed by atoms with Crippen LogP contribution in [0.1, 0.15) is 44.6 Å². The number of benzene rings is 1. The van der Waals surface area contributed by atoms with Crippen LogP contribution in [0, 0.1) is 12.3 Å². The maximum absolute atomic E-state index is 12.3. The molecule has 0 saturated heterocycles. The van der Waals surface area contributed by atoms with Crippen molar-refractivity contribution in [2.75, 3.05) is 12.3 Å². The Labute approximate surface area is 121 Å². The summed E-state index contributed by atoms with van der Waals surface area (Å²) >= 11 is 0. The molecule has 0 radical (unpaired) electrons. The molecule has 3 N–H and O–H groups in total. The summed E-state index contributed by atoms with van der Waals surface area (Å²) in [5.41, 5.74) is 7.28. The van der Waals surface area contributed by atoms with Gasteiger partial charge in [0.1, 0.15) is 0 Å². The van der Waals surface area contributed by atoms with Gasteiger partial charge in [-0.2, -0.15) is 0 Å². The summed E-state index contributed by atoms with van der Waals surface area (Å²) in [7, 11) is -3.47. The SMILES string of the molecule is Cc1ccc(S(=O)(=O)NCC2(C)CCCCC2)cc1N. The van der Waals surface area contributed by atoms with Gasteiger partial charge in [0.2, 0.25) is 10.0 Å². The lowest BCUT2D eigenvalue weighted by molar-refractivity contribution is 0.219. The Morgan fingerprint density at radius 3 is 2.50 bits per heavy atom. The van der Waals surface area contributed by atoms with Crippen LogP contribution in [0.2, 0.25) is 0 Å². The van der Waals surface area contributed by atoms with Gasteiger partial charge in [-0.05, 0) is 42.9 Å². The van der Waals surface area contributed by atoms with Crippen molar-refractivity contribution >= 4 is 15.7 Å². The maximum atomic E-state index is 12.3. The van der Waals surface area contributed by atoms with E-state index in [0.717, 1.165) is 18.4 Å². The van der Waals surface area contributed by atoms with E-state index in [1.807, 2.05) is 6.92 Å². The van der Waals surface area contributed by atoms with Crippen LogP contribution in [0.3, 0.4) is 0 Å². The highest BCUT2D eigenvalue weighted by molar-refractivity contribution is 7.89. The Bertz CT molecular complexity index is 576. The minimum absolute atomic E-state index is 0.0849. The molecule has 1 aromatic rings. The molecule has 1 aliphatic carbocycles. The quantitative estimate of drug-likeness (QED) is 0.839. The monoisotopic (exact) mass is 296 g/mol. The molecule has 20 heavy (non-hydrogen) atoms. The fourth-order valence-corrected chi connectivity index (χ4v) is 3.95. The summed E-state index contributed by atoms with van der Waals surface area (Å²) in [6.45, 7) is 4.53. The Hall–Kier alpha value is -1.07. The van der Waals surface area contributed by atoms with Crippen molar-refractivity contribution in [2.24, 2.45) is 5.41 Å². The largest absolute Gasteiger partial charge is 0.398 e. The van der Waals surface area contributed by atoms with Gasteiger partial charge < -0.3 is 5.73 Å². The molecule has 1 fully saturated rings. The van der Waals surface area contributed by atoms with Crippen LogP contribution < -0.4 is 10.5 Å². The highest BCUT2D eigenvalue weighted by atomic mass is 32.2. The van der Waals surface area contributed by atoms with Gasteiger partial charge in [-0.25, -0.2) is 13.1 Å². The Morgan fingerprint density at radius 1 is 1.25 bits per heavy atom. The van der Waals surface area contributed by atoms with Gasteiger partial charge in [0, 0.05) is 12.2 Å². The first-order valence-electron chi connectivity index (χ1n) is 7.18. The molecule has 0 heterocycles. The number of sulfonamides is 1. The van der Waals surface area contributed by atoms with E-state index >= 15 is 0 Å². The third-order valence-corrected chi connectivity index (χ3v) is 5.71. The maximum Gasteiger partial charge on any atom is 0.240 e. The van der Waals surface area contributed by atoms with Crippen LogP contribution in [-0.4, -0.2) is 15.0 Å². The van der Waals surface area contributed by atoms with E-state index in [9.17, 15) is 8.42 Å². The van der Waals surface area contributed by atoms with Gasteiger partial charge in [-0.3, -0.25) is 0 Å². The summed E-state index contributed by atoms with van der Waals surface area (Å²) < 4.78 is 27.4. The Morgan fingerprint density at radius 2 is 1.90 bits per heavy atom. The second-order valence-electron chi connectivity index (χ2n) is 6.21. The molecule has 5 heteroatoms. The lowest BCUT2D eigenvalue weighted by atomic mass is 9.76. The topological polar surface area (TPSA) is 72.2 Å². The molecule has 1 aliphatic rings. The molecular weight excluding hydrogens is 272 g/mol. The Kier molecular flexibility index (Phi) is 4.39. The molecule has 1 saturated carbocycles. The third kappa shape index (κ3) is 3.52. The molecule has 1 aromatic carbocycles. The van der Waals surface area contributed by atoms with Crippen molar-refractivity contribution in [3.63, 3.8) is 0 Å². The van der Waals surface area contributed by atoms with E-state index in [2.05, 4.69) is 11.6 Å². The van der Waals surface area contributed by atoms with Crippen molar-refractivity contribution < 1.29 is 8.42 Å². The molecule has 0 bridgehead atoms. The summed E-state index contributed by atoms with van der Waals surface area (Å²) in [5, 5.41) is 0. The van der Waals surface area contributed by atoms with E-state index in [1.165, 1.54) is 25.3 Å². The standard InChI is InChI=1S/C15H24N2O2S/c1-12-6-7-13(10-14(12)16)20(18,19)17-11-15(2)8-4-3-5-9-15/h6-7,10,17H,3-5,8-9,11,16H2,1-2H3. The first-order chi connectivity index (χ1) is 9.32. The molecule has 112 valence electrons. The third-order valence-electron chi connectivity index (χ3n) is 4.31. The van der Waals surface area contributed by atoms with Gasteiger partial charge in [-0.1, -0.05) is 32.3 Å². The van der Waals surface area contributed by atoms with E-state index in [-0.39, 0.29) is 10.3 Å². The van der Waals surface area contributed by atoms with Gasteiger partial charge in [0.05, 0.1) is 4.90 Å². The number of hydrogen-bond acceptors (Lipinski definition) is 3. The summed E-state index contributed by atoms with van der Waals surface area (Å²) in [6.07, 6.45) is 5.82. The minimum atomic E-state index is -3.47. The summed E-state index contributed by atoms with van der Waals surface area (Å²) in [6, 6.07) is 4.88. The molecular formula is C15H24N2O2S. The molecule has 4 nitrogen and oxygen atoms in total. The van der Waals surface area contributed by atoms with Crippen LogP contribution >= 0.6 is 0 Å². The fourth-order valence-electron chi connectivity index (χ4n) is 2.72. The van der Waals surface area contributed by atoms with Gasteiger partial charge in [0.25, 0.3) is 0 Å². The van der Waals surface area contributed by atoms with E-state index < -0.39 is 10.0 Å². The first kappa shape index (κ1) is 15.3. The average molecular weight is 296 g/mol. The normalized spacial score (nSPS) is 18.9. The summed E-state index contributed by atoms with van der Waals surface area (Å²) in [4.78, 5) is 0.250. The zero-order valence-electron chi connectivity index (χ0n) is 12.3. The smallest absolute Gasteiger partial charge is 0.240 e. The fraction of sp³-hybridized carbons (Fsp3) is 0.600. The summed E-state index contributed by atoms with van der Waals surface area (Å²) in [5.74, 6) is 0. The molecule has 0 spiro atoms. The number of nitrogen functional groups attached to an aromatic ring is 1. The second kappa shape index (κ2) is 5.74. The zero-order chi connectivity index (χ0) is 14.8. The number of anilines is 1. The predicted octanol–water partition coefficient (Wildman–Crippen LogP) is 2.83. The van der Waals surface area contributed by atoms with E-state index in [1.54, 1.807) is 12.1 Å². The van der Waals surface area contributed by atoms with Crippen LogP contribution in [0.15, 0.2) is 23.1 Å². The van der Waals surface area contributed by atoms with Crippen molar-refractivity contribution in [1.29, 1.82) is 0 Å². The highest BCUT2D eigenvalue weighted by Gasteiger charge is 2.28. The van der Waals surface area contributed by atoms with Gasteiger partial charge >= 0.3 is 0 Å². The zero-order valence-corrected chi connectivity index (χ0v) is 13.1. The first-order valence-corrected chi connectivity index (χ1v) is 8.67. The number of hydrogen-bond donors (Lipinski definition) is 2. The van der Waals surface area contributed by atoms with Crippen LogP contribution in [0.4, 0.5) is 5.69 Å². The molecule has 0 amide bonds. The van der Waals surface area contributed by atoms with Crippen LogP contribution in [0.25, 0.3) is 0 Å². The molecule has 0 unspecified atom stereocenters. The van der Waals surface area contributed by atoms with Crippen molar-refractivity contribution in [3.8, 4) is 0 Å². The molecule has 2 rings (SSSR count).